The fraction of sp³-hybridized carbons (Fsp3) is 0. The van der Waals surface area contributed by atoms with E-state index in [4.69, 9.17) is 0 Å². The Morgan fingerprint density at radius 1 is 0.543 bits per heavy atom. The summed E-state index contributed by atoms with van der Waals surface area (Å²) in [4.78, 5) is 0. The molecule has 2 heterocycles. The maximum Gasteiger partial charge on any atom is 0.101 e. The molecule has 0 spiro atoms. The van der Waals surface area contributed by atoms with Crippen LogP contribution >= 0.6 is 15.9 Å². The van der Waals surface area contributed by atoms with Crippen LogP contribution in [0.15, 0.2) is 114 Å². The van der Waals surface area contributed by atoms with Crippen molar-refractivity contribution in [2.75, 3.05) is 0 Å². The van der Waals surface area contributed by atoms with E-state index in [1.54, 1.807) is 0 Å². The first-order valence-corrected chi connectivity index (χ1v) is 12.3. The SMILES string of the molecule is N#Cc1cccc(Br)c1-n1c2ccccc2c2cc(-n3c4ccccc4c4ccccc43)ccc21. The highest BCUT2D eigenvalue weighted by molar-refractivity contribution is 9.10. The quantitative estimate of drug-likeness (QED) is 0.229. The van der Waals surface area contributed by atoms with E-state index in [2.05, 4.69) is 122 Å². The molecule has 7 aromatic rings. The highest BCUT2D eigenvalue weighted by Gasteiger charge is 2.18. The molecule has 0 saturated heterocycles. The molecular weight excluding hydrogens is 494 g/mol. The van der Waals surface area contributed by atoms with Gasteiger partial charge in [-0.3, -0.25) is 0 Å². The van der Waals surface area contributed by atoms with Gasteiger partial charge in [0.1, 0.15) is 6.07 Å². The molecule has 0 aliphatic rings. The maximum atomic E-state index is 9.87. The fourth-order valence-electron chi connectivity index (χ4n) is 5.37. The molecule has 5 aromatic carbocycles. The number of benzene rings is 5. The molecule has 0 amide bonds. The number of halogens is 1. The van der Waals surface area contributed by atoms with E-state index in [-0.39, 0.29) is 0 Å². The molecule has 0 N–H and O–H groups in total. The number of fused-ring (bicyclic) bond motifs is 6. The summed E-state index contributed by atoms with van der Waals surface area (Å²) >= 11 is 3.71. The number of hydrogen-bond acceptors (Lipinski definition) is 1. The van der Waals surface area contributed by atoms with Crippen LogP contribution in [0.5, 0.6) is 0 Å². The first kappa shape index (κ1) is 20.1. The topological polar surface area (TPSA) is 33.6 Å². The van der Waals surface area contributed by atoms with Crippen LogP contribution in [0.2, 0.25) is 0 Å². The lowest BCUT2D eigenvalue weighted by Crippen LogP contribution is -1.99. The minimum absolute atomic E-state index is 0.633. The van der Waals surface area contributed by atoms with E-state index in [9.17, 15) is 5.26 Å². The van der Waals surface area contributed by atoms with Gasteiger partial charge in [-0.2, -0.15) is 5.26 Å². The van der Waals surface area contributed by atoms with Crippen molar-refractivity contribution in [3.63, 3.8) is 0 Å². The highest BCUT2D eigenvalue weighted by Crippen LogP contribution is 2.38. The summed E-state index contributed by atoms with van der Waals surface area (Å²) < 4.78 is 5.43. The Balaban J connectivity index is 1.60. The smallest absolute Gasteiger partial charge is 0.101 e. The zero-order chi connectivity index (χ0) is 23.5. The second-order valence-corrected chi connectivity index (χ2v) is 9.53. The van der Waals surface area contributed by atoms with Crippen LogP contribution in [-0.4, -0.2) is 9.13 Å². The Kier molecular flexibility index (Phi) is 4.36. The van der Waals surface area contributed by atoms with E-state index in [0.717, 1.165) is 37.7 Å². The van der Waals surface area contributed by atoms with Gasteiger partial charge >= 0.3 is 0 Å². The van der Waals surface area contributed by atoms with Gasteiger partial charge in [0.2, 0.25) is 0 Å². The molecule has 0 radical (unpaired) electrons. The molecule has 4 heteroatoms. The standard InChI is InChI=1S/C31H18BrN3/c32-26-12-7-8-20(19-33)31(26)35-29-15-6-3-11-24(29)25-18-21(16-17-30(25)35)34-27-13-4-1-9-22(27)23-10-2-5-14-28(23)34/h1-18H. The molecule has 0 fully saturated rings. The zero-order valence-electron chi connectivity index (χ0n) is 18.6. The summed E-state index contributed by atoms with van der Waals surface area (Å²) in [6, 6.07) is 40.3. The summed E-state index contributed by atoms with van der Waals surface area (Å²) in [6.07, 6.45) is 0. The van der Waals surface area contributed by atoms with Gasteiger partial charge in [-0.1, -0.05) is 60.7 Å². The van der Waals surface area contributed by atoms with E-state index in [1.807, 2.05) is 18.2 Å². The van der Waals surface area contributed by atoms with Gasteiger partial charge in [-0.15, -0.1) is 0 Å². The van der Waals surface area contributed by atoms with Crippen LogP contribution in [0.3, 0.4) is 0 Å². The van der Waals surface area contributed by atoms with Crippen molar-refractivity contribution in [2.45, 2.75) is 0 Å². The van der Waals surface area contributed by atoms with Crippen molar-refractivity contribution in [1.82, 2.24) is 9.13 Å². The van der Waals surface area contributed by atoms with E-state index in [0.29, 0.717) is 5.56 Å². The normalized spacial score (nSPS) is 11.5. The Labute approximate surface area is 210 Å². The molecule has 0 aliphatic heterocycles. The molecule has 35 heavy (non-hydrogen) atoms. The lowest BCUT2D eigenvalue weighted by Gasteiger charge is -2.13. The third-order valence-corrected chi connectivity index (χ3v) is 7.47. The van der Waals surface area contributed by atoms with Crippen molar-refractivity contribution < 1.29 is 0 Å². The van der Waals surface area contributed by atoms with Crippen molar-refractivity contribution in [2.24, 2.45) is 0 Å². The van der Waals surface area contributed by atoms with Gasteiger partial charge in [0.15, 0.2) is 0 Å². The summed E-state index contributed by atoms with van der Waals surface area (Å²) in [5.74, 6) is 0. The number of rotatable bonds is 2. The van der Waals surface area contributed by atoms with Crippen molar-refractivity contribution in [3.05, 3.63) is 119 Å². The fourth-order valence-corrected chi connectivity index (χ4v) is 5.92. The van der Waals surface area contributed by atoms with Crippen molar-refractivity contribution in [3.8, 4) is 17.4 Å². The third-order valence-electron chi connectivity index (χ3n) is 6.83. The lowest BCUT2D eigenvalue weighted by molar-refractivity contribution is 1.15. The van der Waals surface area contributed by atoms with Crippen LogP contribution in [-0.2, 0) is 0 Å². The first-order chi connectivity index (χ1) is 17.3. The predicted molar refractivity (Wildman–Crippen MR) is 148 cm³/mol. The van der Waals surface area contributed by atoms with Crippen LogP contribution in [0, 0.1) is 11.3 Å². The van der Waals surface area contributed by atoms with Crippen molar-refractivity contribution >= 4 is 59.5 Å². The van der Waals surface area contributed by atoms with Gasteiger partial charge in [0.05, 0.1) is 33.3 Å². The van der Waals surface area contributed by atoms with Crippen LogP contribution in [0.1, 0.15) is 5.56 Å². The number of hydrogen-bond donors (Lipinski definition) is 0. The predicted octanol–water partition coefficient (Wildman–Crippen LogP) is 8.51. The summed E-state index contributed by atoms with van der Waals surface area (Å²) in [5.41, 5.74) is 7.14. The van der Waals surface area contributed by atoms with Gasteiger partial charge in [-0.05, 0) is 64.5 Å². The number of nitriles is 1. The Bertz CT molecular complexity index is 1930. The Morgan fingerprint density at radius 2 is 1.09 bits per heavy atom. The second-order valence-electron chi connectivity index (χ2n) is 8.67. The lowest BCUT2D eigenvalue weighted by atomic mass is 10.1. The highest BCUT2D eigenvalue weighted by atomic mass is 79.9. The molecule has 0 saturated carbocycles. The van der Waals surface area contributed by atoms with Gasteiger partial charge < -0.3 is 9.13 Å². The van der Waals surface area contributed by atoms with Gasteiger partial charge in [-0.25, -0.2) is 0 Å². The van der Waals surface area contributed by atoms with Crippen molar-refractivity contribution in [1.29, 1.82) is 5.26 Å². The molecule has 0 atom stereocenters. The molecule has 7 rings (SSSR count). The molecule has 3 nitrogen and oxygen atoms in total. The largest absolute Gasteiger partial charge is 0.309 e. The molecule has 164 valence electrons. The zero-order valence-corrected chi connectivity index (χ0v) is 20.2. The molecule has 0 unspecified atom stereocenters. The average Bonchev–Trinajstić information content (AvgIpc) is 3.41. The number of aromatic nitrogens is 2. The minimum atomic E-state index is 0.633. The number of nitrogens with zero attached hydrogens (tertiary/aromatic N) is 3. The van der Waals surface area contributed by atoms with E-state index >= 15 is 0 Å². The van der Waals surface area contributed by atoms with Crippen LogP contribution < -0.4 is 0 Å². The summed E-state index contributed by atoms with van der Waals surface area (Å²) in [6.45, 7) is 0. The maximum absolute atomic E-state index is 9.87. The van der Waals surface area contributed by atoms with Gasteiger partial charge in [0, 0.05) is 31.7 Å². The van der Waals surface area contributed by atoms with Crippen LogP contribution in [0.25, 0.3) is 55.0 Å². The van der Waals surface area contributed by atoms with Crippen LogP contribution in [0.4, 0.5) is 0 Å². The monoisotopic (exact) mass is 511 g/mol. The van der Waals surface area contributed by atoms with E-state index in [1.165, 1.54) is 21.8 Å². The molecular formula is C31H18BrN3. The summed E-state index contributed by atoms with van der Waals surface area (Å²) in [5, 5.41) is 14.7. The molecule has 0 bridgehead atoms. The second kappa shape index (κ2) is 7.59. The average molecular weight is 512 g/mol. The Morgan fingerprint density at radius 3 is 1.71 bits per heavy atom. The Hall–Kier alpha value is -4.33. The first-order valence-electron chi connectivity index (χ1n) is 11.5. The third kappa shape index (κ3) is 2.83. The molecule has 2 aromatic heterocycles. The number of para-hydroxylation sites is 4. The minimum Gasteiger partial charge on any atom is -0.309 e. The molecule has 0 aliphatic carbocycles. The summed E-state index contributed by atoms with van der Waals surface area (Å²) in [7, 11) is 0. The van der Waals surface area contributed by atoms with Gasteiger partial charge in [0.25, 0.3) is 0 Å². The van der Waals surface area contributed by atoms with E-state index < -0.39 is 0 Å².